The first kappa shape index (κ1) is 11.1. The van der Waals surface area contributed by atoms with Crippen LogP contribution in [-0.2, 0) is 9.47 Å². The molecule has 0 bridgehead atoms. The van der Waals surface area contributed by atoms with Gasteiger partial charge in [0.2, 0.25) is 0 Å². The number of ether oxygens (including phenoxy) is 2. The Morgan fingerprint density at radius 2 is 0.786 bits per heavy atom. The molecule has 0 spiro atoms. The van der Waals surface area contributed by atoms with Crippen molar-refractivity contribution in [3.8, 4) is 23.7 Å². The molecule has 2 heteroatoms. The van der Waals surface area contributed by atoms with Crippen LogP contribution in [0.3, 0.4) is 0 Å². The quantitative estimate of drug-likeness (QED) is 0.543. The predicted octanol–water partition coefficient (Wildman–Crippen LogP) is 1.60. The Morgan fingerprint density at radius 1 is 0.500 bits per heavy atom. The number of hydrogen-bond acceptors (Lipinski definition) is 2. The minimum atomic E-state index is 0.718. The maximum Gasteiger partial charge on any atom is 0.0576 e. The van der Waals surface area contributed by atoms with Crippen LogP contribution in [0, 0.1) is 23.7 Å². The molecule has 0 fully saturated rings. The lowest BCUT2D eigenvalue weighted by molar-refractivity contribution is 0.143. The summed E-state index contributed by atoms with van der Waals surface area (Å²) in [5, 5.41) is 0. The Balaban J connectivity index is 2.21. The Morgan fingerprint density at radius 3 is 1.07 bits per heavy atom. The first-order valence-corrected chi connectivity index (χ1v) is 5.07. The van der Waals surface area contributed by atoms with E-state index < -0.39 is 0 Å². The molecule has 0 atom stereocenters. The van der Waals surface area contributed by atoms with E-state index in [1.807, 2.05) is 0 Å². The van der Waals surface area contributed by atoms with E-state index in [2.05, 4.69) is 23.7 Å². The lowest BCUT2D eigenvalue weighted by Crippen LogP contribution is -1.97. The van der Waals surface area contributed by atoms with Gasteiger partial charge in [-0.15, -0.1) is 23.7 Å². The third-order valence-corrected chi connectivity index (χ3v) is 1.74. The van der Waals surface area contributed by atoms with E-state index in [1.54, 1.807) is 0 Å². The molecule has 0 radical (unpaired) electrons. The van der Waals surface area contributed by atoms with Gasteiger partial charge in [-0.05, 0) is 0 Å². The highest BCUT2D eigenvalue weighted by Crippen LogP contribution is 1.88. The molecule has 0 amide bonds. The average Bonchev–Trinajstić information content (AvgIpc) is 2.22. The van der Waals surface area contributed by atoms with Crippen molar-refractivity contribution in [2.75, 3.05) is 26.4 Å². The fourth-order valence-electron chi connectivity index (χ4n) is 1.05. The van der Waals surface area contributed by atoms with Crippen LogP contribution in [0.1, 0.15) is 25.7 Å². The highest BCUT2D eigenvalue weighted by atomic mass is 16.5. The Bertz CT molecular complexity index is 201. The SMILES string of the molecule is C1#CCCOCCC#CCCOCC1. The van der Waals surface area contributed by atoms with Gasteiger partial charge in [-0.25, -0.2) is 0 Å². The summed E-state index contributed by atoms with van der Waals surface area (Å²) >= 11 is 0. The van der Waals surface area contributed by atoms with Gasteiger partial charge in [-0.2, -0.15) is 0 Å². The van der Waals surface area contributed by atoms with Crippen molar-refractivity contribution in [1.82, 2.24) is 0 Å². The maximum absolute atomic E-state index is 5.34. The summed E-state index contributed by atoms with van der Waals surface area (Å²) in [6.45, 7) is 2.87. The minimum Gasteiger partial charge on any atom is -0.379 e. The highest BCUT2D eigenvalue weighted by molar-refractivity contribution is 5.00. The zero-order chi connectivity index (χ0) is 9.90. The summed E-state index contributed by atoms with van der Waals surface area (Å²) in [5.41, 5.74) is 0. The summed E-state index contributed by atoms with van der Waals surface area (Å²) in [6, 6.07) is 0. The van der Waals surface area contributed by atoms with Crippen molar-refractivity contribution in [3.63, 3.8) is 0 Å². The van der Waals surface area contributed by atoms with E-state index in [0.29, 0.717) is 0 Å². The highest BCUT2D eigenvalue weighted by Gasteiger charge is 1.87. The summed E-state index contributed by atoms with van der Waals surface area (Å²) in [5.74, 6) is 12.2. The Hall–Kier alpha value is -0.960. The van der Waals surface area contributed by atoms with Crippen LogP contribution in [0.4, 0.5) is 0 Å². The van der Waals surface area contributed by atoms with Gasteiger partial charge < -0.3 is 9.47 Å². The third kappa shape index (κ3) is 6.54. The van der Waals surface area contributed by atoms with E-state index in [4.69, 9.17) is 9.47 Å². The van der Waals surface area contributed by atoms with E-state index in [9.17, 15) is 0 Å². The fraction of sp³-hybridized carbons (Fsp3) is 0.667. The molecule has 0 unspecified atom stereocenters. The van der Waals surface area contributed by atoms with Crippen molar-refractivity contribution in [1.29, 1.82) is 0 Å². The maximum atomic E-state index is 5.34. The van der Waals surface area contributed by atoms with Crippen LogP contribution in [0.15, 0.2) is 0 Å². The van der Waals surface area contributed by atoms with Crippen LogP contribution < -0.4 is 0 Å². The Labute approximate surface area is 86.0 Å². The monoisotopic (exact) mass is 192 g/mol. The van der Waals surface area contributed by atoms with Gasteiger partial charge in [-0.3, -0.25) is 0 Å². The topological polar surface area (TPSA) is 18.5 Å². The molecule has 0 aromatic heterocycles. The molecule has 0 aromatic carbocycles. The van der Waals surface area contributed by atoms with Crippen LogP contribution in [0.5, 0.6) is 0 Å². The Kier molecular flexibility index (Phi) is 6.85. The largest absolute Gasteiger partial charge is 0.379 e. The predicted molar refractivity (Wildman–Crippen MR) is 55.7 cm³/mol. The molecule has 1 rings (SSSR count). The minimum absolute atomic E-state index is 0.718. The first-order valence-electron chi connectivity index (χ1n) is 5.07. The molecule has 0 aliphatic carbocycles. The second kappa shape index (κ2) is 8.63. The van der Waals surface area contributed by atoms with E-state index in [0.717, 1.165) is 52.1 Å². The molecule has 0 saturated heterocycles. The van der Waals surface area contributed by atoms with Gasteiger partial charge in [-0.1, -0.05) is 0 Å². The molecule has 0 saturated carbocycles. The van der Waals surface area contributed by atoms with Gasteiger partial charge in [0, 0.05) is 25.7 Å². The third-order valence-electron chi connectivity index (χ3n) is 1.74. The molecule has 0 N–H and O–H groups in total. The standard InChI is InChI=1S/C12H16O2/c1-2-6-10-14-12-8-4-3-7-11-13-9-5-1/h5-12H2. The van der Waals surface area contributed by atoms with Gasteiger partial charge in [0.1, 0.15) is 0 Å². The lowest BCUT2D eigenvalue weighted by atomic mass is 10.3. The number of rotatable bonds is 0. The van der Waals surface area contributed by atoms with E-state index in [1.165, 1.54) is 0 Å². The lowest BCUT2D eigenvalue weighted by Gasteiger charge is -1.98. The van der Waals surface area contributed by atoms with Crippen LogP contribution >= 0.6 is 0 Å². The van der Waals surface area contributed by atoms with E-state index >= 15 is 0 Å². The van der Waals surface area contributed by atoms with Crippen LogP contribution in [0.25, 0.3) is 0 Å². The molecule has 14 heavy (non-hydrogen) atoms. The van der Waals surface area contributed by atoms with Crippen molar-refractivity contribution >= 4 is 0 Å². The van der Waals surface area contributed by atoms with Crippen molar-refractivity contribution in [2.45, 2.75) is 25.7 Å². The number of hydrogen-bond donors (Lipinski definition) is 0. The van der Waals surface area contributed by atoms with Crippen LogP contribution in [-0.4, -0.2) is 26.4 Å². The van der Waals surface area contributed by atoms with Crippen molar-refractivity contribution < 1.29 is 9.47 Å². The summed E-state index contributed by atoms with van der Waals surface area (Å²) < 4.78 is 10.7. The molecule has 76 valence electrons. The molecular formula is C12H16O2. The van der Waals surface area contributed by atoms with Crippen molar-refractivity contribution in [2.24, 2.45) is 0 Å². The molecular weight excluding hydrogens is 176 g/mol. The van der Waals surface area contributed by atoms with Crippen molar-refractivity contribution in [3.05, 3.63) is 0 Å². The molecule has 1 aliphatic heterocycles. The average molecular weight is 192 g/mol. The van der Waals surface area contributed by atoms with Crippen LogP contribution in [0.2, 0.25) is 0 Å². The second-order valence-corrected chi connectivity index (χ2v) is 2.93. The van der Waals surface area contributed by atoms with Gasteiger partial charge in [0.05, 0.1) is 26.4 Å². The normalized spacial score (nSPS) is 19.4. The first-order chi connectivity index (χ1) is 7.00. The zero-order valence-electron chi connectivity index (χ0n) is 8.47. The molecule has 1 aliphatic rings. The summed E-state index contributed by atoms with van der Waals surface area (Å²) in [7, 11) is 0. The van der Waals surface area contributed by atoms with Gasteiger partial charge in [0.25, 0.3) is 0 Å². The summed E-state index contributed by atoms with van der Waals surface area (Å²) in [4.78, 5) is 0. The molecule has 2 nitrogen and oxygen atoms in total. The van der Waals surface area contributed by atoms with Gasteiger partial charge >= 0.3 is 0 Å². The summed E-state index contributed by atoms with van der Waals surface area (Å²) in [6.07, 6.45) is 3.25. The van der Waals surface area contributed by atoms with Gasteiger partial charge in [0.15, 0.2) is 0 Å². The van der Waals surface area contributed by atoms with E-state index in [-0.39, 0.29) is 0 Å². The molecule has 0 aromatic rings. The molecule has 1 heterocycles. The fourth-order valence-corrected chi connectivity index (χ4v) is 1.05. The zero-order valence-corrected chi connectivity index (χ0v) is 8.47. The smallest absolute Gasteiger partial charge is 0.0576 e. The second-order valence-electron chi connectivity index (χ2n) is 2.93.